The third kappa shape index (κ3) is 13.0. The molecular formula is C18H28NNa2O6P. The Labute approximate surface area is 212 Å². The molecule has 0 fully saturated rings. The van der Waals surface area contributed by atoms with Gasteiger partial charge in [0.05, 0.1) is 27.1 Å². The van der Waals surface area contributed by atoms with Crippen LogP contribution < -0.4 is 79.0 Å². The van der Waals surface area contributed by atoms with Crippen LogP contribution >= 0.6 is 7.82 Å². The summed E-state index contributed by atoms with van der Waals surface area (Å²) in [5.41, 5.74) is 0.602. The number of ether oxygens (including phenoxy) is 1. The van der Waals surface area contributed by atoms with Crippen LogP contribution in [0.15, 0.2) is 24.3 Å². The molecule has 0 aromatic heterocycles. The zero-order chi connectivity index (χ0) is 19.6. The minimum absolute atomic E-state index is 0. The van der Waals surface area contributed by atoms with Crippen molar-refractivity contribution >= 4 is 13.7 Å². The van der Waals surface area contributed by atoms with E-state index in [0.717, 1.165) is 32.1 Å². The van der Waals surface area contributed by atoms with Crippen molar-refractivity contribution in [1.29, 1.82) is 0 Å². The van der Waals surface area contributed by atoms with Gasteiger partial charge in [0.25, 0.3) is 0 Å². The number of methoxy groups -OCH3 is 1. The summed E-state index contributed by atoms with van der Waals surface area (Å²) in [5.74, 6) is 0.345. The third-order valence-electron chi connectivity index (χ3n) is 4.04. The SMILES string of the molecule is CCCCCCCC(=O)N[C@@H](c1cccc(OC)c1)[C@H](C)OP(=O)([O-])[O-].[Na+].[Na+]. The summed E-state index contributed by atoms with van der Waals surface area (Å²) >= 11 is 0. The molecular weight excluding hydrogens is 403 g/mol. The van der Waals surface area contributed by atoms with Gasteiger partial charge in [-0.05, 0) is 31.0 Å². The zero-order valence-electron chi connectivity index (χ0n) is 17.6. The molecule has 0 spiro atoms. The molecule has 148 valence electrons. The molecule has 1 amide bonds. The van der Waals surface area contributed by atoms with Gasteiger partial charge in [-0.1, -0.05) is 44.7 Å². The molecule has 28 heavy (non-hydrogen) atoms. The topological polar surface area (TPSA) is 111 Å². The maximum absolute atomic E-state index is 12.3. The van der Waals surface area contributed by atoms with Gasteiger partial charge in [-0.2, -0.15) is 0 Å². The maximum atomic E-state index is 12.3. The van der Waals surface area contributed by atoms with Crippen molar-refractivity contribution in [2.75, 3.05) is 7.11 Å². The van der Waals surface area contributed by atoms with E-state index in [2.05, 4.69) is 16.8 Å². The molecule has 0 unspecified atom stereocenters. The Hall–Kier alpha value is 0.600. The van der Waals surface area contributed by atoms with Crippen LogP contribution in [0.3, 0.4) is 0 Å². The van der Waals surface area contributed by atoms with Gasteiger partial charge in [-0.3, -0.25) is 4.79 Å². The number of unbranched alkanes of at least 4 members (excludes halogenated alkanes) is 4. The van der Waals surface area contributed by atoms with E-state index in [1.54, 1.807) is 24.3 Å². The van der Waals surface area contributed by atoms with E-state index >= 15 is 0 Å². The largest absolute Gasteiger partial charge is 1.00 e. The molecule has 0 aliphatic rings. The van der Waals surface area contributed by atoms with Crippen molar-refractivity contribution in [2.24, 2.45) is 0 Å². The van der Waals surface area contributed by atoms with E-state index in [4.69, 9.17) is 4.74 Å². The molecule has 0 aliphatic carbocycles. The Balaban J connectivity index is 0. The Morgan fingerprint density at radius 1 is 1.18 bits per heavy atom. The van der Waals surface area contributed by atoms with Crippen molar-refractivity contribution in [3.8, 4) is 5.75 Å². The smallest absolute Gasteiger partial charge is 0.790 e. The molecule has 0 radical (unpaired) electrons. The van der Waals surface area contributed by atoms with E-state index in [1.807, 2.05) is 0 Å². The first-order valence-electron chi connectivity index (χ1n) is 8.90. The standard InChI is InChI=1S/C18H30NO6P.2Na/c1-4-5-6-7-8-12-17(20)19-18(14(2)25-26(21,22)23)15-10-9-11-16(13-15)24-3;;/h9-11,13-14,18H,4-8,12H2,1-3H3,(H,19,20)(H2,21,22,23);;/q;2*+1/p-2/t14-,18+;;/m0../s1. The maximum Gasteiger partial charge on any atom is 1.00 e. The second kappa shape index (κ2) is 16.3. The molecule has 7 nitrogen and oxygen atoms in total. The van der Waals surface area contributed by atoms with Gasteiger partial charge in [0.15, 0.2) is 0 Å². The molecule has 1 rings (SSSR count). The van der Waals surface area contributed by atoms with Gasteiger partial charge in [-0.25, -0.2) is 0 Å². The first-order valence-corrected chi connectivity index (χ1v) is 10.4. The second-order valence-corrected chi connectivity index (χ2v) is 7.35. The zero-order valence-corrected chi connectivity index (χ0v) is 22.5. The van der Waals surface area contributed by atoms with Crippen LogP contribution in [-0.4, -0.2) is 19.1 Å². The summed E-state index contributed by atoms with van der Waals surface area (Å²) in [6.07, 6.45) is 4.37. The Morgan fingerprint density at radius 2 is 1.82 bits per heavy atom. The molecule has 0 heterocycles. The van der Waals surface area contributed by atoms with Gasteiger partial charge in [0.1, 0.15) is 5.75 Å². The average molecular weight is 431 g/mol. The third-order valence-corrected chi connectivity index (χ3v) is 4.63. The van der Waals surface area contributed by atoms with Crippen LogP contribution in [0, 0.1) is 0 Å². The van der Waals surface area contributed by atoms with Crippen molar-refractivity contribution in [1.82, 2.24) is 5.32 Å². The average Bonchev–Trinajstić information content (AvgIpc) is 2.58. The monoisotopic (exact) mass is 431 g/mol. The van der Waals surface area contributed by atoms with Gasteiger partial charge < -0.3 is 28.9 Å². The Morgan fingerprint density at radius 3 is 2.39 bits per heavy atom. The molecule has 1 N–H and O–H groups in total. The van der Waals surface area contributed by atoms with Crippen molar-refractivity contribution < 1.29 is 87.5 Å². The summed E-state index contributed by atoms with van der Waals surface area (Å²) in [6.45, 7) is 3.56. The number of hydrogen-bond donors (Lipinski definition) is 1. The number of hydrogen-bond acceptors (Lipinski definition) is 6. The fourth-order valence-electron chi connectivity index (χ4n) is 2.71. The first-order chi connectivity index (χ1) is 12.3. The van der Waals surface area contributed by atoms with Crippen molar-refractivity contribution in [2.45, 2.75) is 64.5 Å². The van der Waals surface area contributed by atoms with Crippen LogP contribution in [0.2, 0.25) is 0 Å². The molecule has 10 heteroatoms. The number of amides is 1. The fraction of sp³-hybridized carbons (Fsp3) is 0.611. The predicted octanol–water partition coefficient (Wildman–Crippen LogP) is -3.55. The number of nitrogens with one attached hydrogen (secondary N) is 1. The minimum atomic E-state index is -5.17. The van der Waals surface area contributed by atoms with Gasteiger partial charge >= 0.3 is 59.1 Å². The van der Waals surface area contributed by atoms with E-state index < -0.39 is 20.0 Å². The second-order valence-electron chi connectivity index (χ2n) is 6.24. The summed E-state index contributed by atoms with van der Waals surface area (Å²) < 4.78 is 20.7. The first kappa shape index (κ1) is 30.8. The van der Waals surface area contributed by atoms with Crippen molar-refractivity contribution in [3.63, 3.8) is 0 Å². The number of carbonyl (C=O) groups excluding carboxylic acids is 1. The molecule has 0 saturated carbocycles. The summed E-state index contributed by atoms with van der Waals surface area (Å²) in [4.78, 5) is 34.2. The van der Waals surface area contributed by atoms with Crippen LogP contribution in [-0.2, 0) is 13.9 Å². The molecule has 1 aromatic carbocycles. The number of phosphoric acid groups is 1. The number of carbonyl (C=O) groups is 1. The number of rotatable bonds is 12. The van der Waals surface area contributed by atoms with Gasteiger partial charge in [0.2, 0.25) is 5.91 Å². The van der Waals surface area contributed by atoms with Crippen molar-refractivity contribution in [3.05, 3.63) is 29.8 Å². The van der Waals surface area contributed by atoms with Gasteiger partial charge in [0, 0.05) is 6.42 Å². The van der Waals surface area contributed by atoms with E-state index in [1.165, 1.54) is 14.0 Å². The van der Waals surface area contributed by atoms with Crippen LogP contribution in [0.1, 0.15) is 64.0 Å². The summed E-state index contributed by atoms with van der Waals surface area (Å²) in [7, 11) is -3.67. The molecule has 1 aromatic rings. The van der Waals surface area contributed by atoms with E-state index in [-0.39, 0.29) is 65.0 Å². The Bertz CT molecular complexity index is 613. The predicted molar refractivity (Wildman–Crippen MR) is 95.4 cm³/mol. The summed E-state index contributed by atoms with van der Waals surface area (Å²) in [5, 5.41) is 2.78. The Kier molecular flexibility index (Phi) is 17.9. The number of benzene rings is 1. The van der Waals surface area contributed by atoms with Crippen LogP contribution in [0.4, 0.5) is 0 Å². The van der Waals surface area contributed by atoms with Crippen LogP contribution in [0.25, 0.3) is 0 Å². The minimum Gasteiger partial charge on any atom is -0.790 e. The van der Waals surface area contributed by atoms with Crippen LogP contribution in [0.5, 0.6) is 5.75 Å². The fourth-order valence-corrected chi connectivity index (χ4v) is 3.23. The molecule has 0 saturated heterocycles. The normalized spacial score (nSPS) is 12.9. The quantitative estimate of drug-likeness (QED) is 0.209. The van der Waals surface area contributed by atoms with E-state index in [0.29, 0.717) is 17.7 Å². The molecule has 0 aliphatic heterocycles. The van der Waals surface area contributed by atoms with Gasteiger partial charge in [-0.15, -0.1) is 0 Å². The molecule has 2 atom stereocenters. The summed E-state index contributed by atoms with van der Waals surface area (Å²) in [6, 6.07) is 6.07. The molecule has 0 bridgehead atoms. The van der Waals surface area contributed by atoms with E-state index in [9.17, 15) is 19.1 Å². The number of phosphoric ester groups is 1.